The molecule has 1 atom stereocenters. The van der Waals surface area contributed by atoms with Gasteiger partial charge in [-0.2, -0.15) is 0 Å². The van der Waals surface area contributed by atoms with Gasteiger partial charge in [-0.3, -0.25) is 0 Å². The average Bonchev–Trinajstić information content (AvgIpc) is 2.16. The first-order valence-electron chi connectivity index (χ1n) is 4.29. The molecule has 0 spiro atoms. The first-order chi connectivity index (χ1) is 6.29. The van der Waals surface area contributed by atoms with Crippen molar-refractivity contribution < 1.29 is 0 Å². The molecular formula is C10H11N3. The minimum absolute atomic E-state index is 0.175. The third-order valence-corrected chi connectivity index (χ3v) is 2.25. The molecule has 0 unspecified atom stereocenters. The second-order valence-corrected chi connectivity index (χ2v) is 3.30. The van der Waals surface area contributed by atoms with Gasteiger partial charge in [0.25, 0.3) is 0 Å². The van der Waals surface area contributed by atoms with E-state index in [-0.39, 0.29) is 6.04 Å². The average molecular weight is 173 g/mol. The van der Waals surface area contributed by atoms with Gasteiger partial charge in [-0.1, -0.05) is 12.1 Å². The van der Waals surface area contributed by atoms with E-state index in [2.05, 4.69) is 10.2 Å². The van der Waals surface area contributed by atoms with E-state index in [9.17, 15) is 0 Å². The van der Waals surface area contributed by atoms with Crippen LogP contribution in [0.15, 0.2) is 18.2 Å². The van der Waals surface area contributed by atoms with Crippen molar-refractivity contribution in [3.05, 3.63) is 35.2 Å². The van der Waals surface area contributed by atoms with E-state index in [1.54, 1.807) is 0 Å². The van der Waals surface area contributed by atoms with Crippen molar-refractivity contribution in [1.29, 1.82) is 0 Å². The lowest BCUT2D eigenvalue weighted by molar-refractivity contribution is 0.680. The van der Waals surface area contributed by atoms with E-state index in [1.807, 2.05) is 18.2 Å². The van der Waals surface area contributed by atoms with Crippen molar-refractivity contribution in [2.24, 2.45) is 5.73 Å². The van der Waals surface area contributed by atoms with Crippen molar-refractivity contribution in [3.8, 4) is 0 Å². The Morgan fingerprint density at radius 3 is 3.15 bits per heavy atom. The van der Waals surface area contributed by atoms with Gasteiger partial charge in [0.15, 0.2) is 5.69 Å². The lowest BCUT2D eigenvalue weighted by Crippen LogP contribution is -2.35. The summed E-state index contributed by atoms with van der Waals surface area (Å²) >= 11 is 0. The lowest BCUT2D eigenvalue weighted by Gasteiger charge is -2.23. The fraction of sp³-hybridized carbons (Fsp3) is 0.300. The van der Waals surface area contributed by atoms with Crippen LogP contribution >= 0.6 is 0 Å². The van der Waals surface area contributed by atoms with E-state index >= 15 is 0 Å². The summed E-state index contributed by atoms with van der Waals surface area (Å²) in [5.41, 5.74) is 8.77. The minimum atomic E-state index is 0.175. The fourth-order valence-corrected chi connectivity index (χ4v) is 1.59. The molecule has 0 aromatic heterocycles. The number of fused-ring (bicyclic) bond motifs is 1. The number of nitrogens with two attached hydrogens (primary N) is 1. The first kappa shape index (κ1) is 8.09. The van der Waals surface area contributed by atoms with Crippen LogP contribution in [0.1, 0.15) is 5.56 Å². The predicted octanol–water partition coefficient (Wildman–Crippen LogP) is 1.53. The molecule has 0 fully saturated rings. The molecule has 0 saturated carbocycles. The third kappa shape index (κ3) is 1.49. The number of nitrogens with zero attached hydrogens (tertiary/aromatic N) is 1. The van der Waals surface area contributed by atoms with Gasteiger partial charge in [-0.15, -0.1) is 0 Å². The lowest BCUT2D eigenvalue weighted by atomic mass is 10.00. The zero-order valence-electron chi connectivity index (χ0n) is 7.25. The van der Waals surface area contributed by atoms with Gasteiger partial charge in [0, 0.05) is 18.3 Å². The Hall–Kier alpha value is -1.53. The second-order valence-electron chi connectivity index (χ2n) is 3.30. The monoisotopic (exact) mass is 173 g/mol. The SMILES string of the molecule is [C-]#[N+]c1ccc2c(c1)C[C@H](N)CN2. The van der Waals surface area contributed by atoms with E-state index < -0.39 is 0 Å². The molecule has 1 aromatic rings. The summed E-state index contributed by atoms with van der Waals surface area (Å²) in [5, 5.41) is 3.24. The molecule has 1 aliphatic heterocycles. The van der Waals surface area contributed by atoms with Crippen molar-refractivity contribution in [3.63, 3.8) is 0 Å². The van der Waals surface area contributed by atoms with E-state index in [0.29, 0.717) is 5.69 Å². The summed E-state index contributed by atoms with van der Waals surface area (Å²) < 4.78 is 0. The Morgan fingerprint density at radius 2 is 2.38 bits per heavy atom. The van der Waals surface area contributed by atoms with Gasteiger partial charge in [-0.05, 0) is 18.1 Å². The standard InChI is InChI=1S/C10H11N3/c1-12-9-2-3-10-7(5-9)4-8(11)6-13-10/h2-3,5,8,13H,4,6,11H2/t8-/m0/s1. The van der Waals surface area contributed by atoms with Gasteiger partial charge in [0.1, 0.15) is 0 Å². The molecule has 1 aliphatic rings. The van der Waals surface area contributed by atoms with E-state index in [1.165, 1.54) is 0 Å². The summed E-state index contributed by atoms with van der Waals surface area (Å²) in [6, 6.07) is 5.87. The maximum absolute atomic E-state index is 6.88. The predicted molar refractivity (Wildman–Crippen MR) is 52.9 cm³/mol. The molecule has 3 nitrogen and oxygen atoms in total. The molecule has 13 heavy (non-hydrogen) atoms. The Balaban J connectivity index is 2.39. The number of anilines is 1. The summed E-state index contributed by atoms with van der Waals surface area (Å²) in [6.07, 6.45) is 0.867. The molecule has 2 rings (SSSR count). The first-order valence-corrected chi connectivity index (χ1v) is 4.29. The van der Waals surface area contributed by atoms with E-state index in [4.69, 9.17) is 12.3 Å². The zero-order chi connectivity index (χ0) is 9.26. The van der Waals surface area contributed by atoms with Crippen LogP contribution in [0, 0.1) is 6.57 Å². The number of hydrogen-bond donors (Lipinski definition) is 2. The molecule has 3 N–H and O–H groups in total. The molecule has 66 valence electrons. The molecule has 0 bridgehead atoms. The van der Waals surface area contributed by atoms with Crippen molar-refractivity contribution >= 4 is 11.4 Å². The van der Waals surface area contributed by atoms with Gasteiger partial charge in [-0.25, -0.2) is 4.85 Å². The summed E-state index contributed by atoms with van der Waals surface area (Å²) in [7, 11) is 0. The van der Waals surface area contributed by atoms with Crippen LogP contribution in [0.4, 0.5) is 11.4 Å². The molecule has 0 saturated heterocycles. The van der Waals surface area contributed by atoms with Gasteiger partial charge in [0.2, 0.25) is 0 Å². The van der Waals surface area contributed by atoms with Crippen LogP contribution < -0.4 is 11.1 Å². The van der Waals surface area contributed by atoms with Crippen LogP contribution in [0.5, 0.6) is 0 Å². The van der Waals surface area contributed by atoms with Crippen molar-refractivity contribution in [1.82, 2.24) is 0 Å². The minimum Gasteiger partial charge on any atom is -0.383 e. The molecule has 1 aromatic carbocycles. The van der Waals surface area contributed by atoms with Gasteiger partial charge >= 0.3 is 0 Å². The maximum atomic E-state index is 6.88. The van der Waals surface area contributed by atoms with E-state index in [0.717, 1.165) is 24.2 Å². The van der Waals surface area contributed by atoms with Gasteiger partial charge in [0.05, 0.1) is 6.57 Å². The number of hydrogen-bond acceptors (Lipinski definition) is 2. The molecule has 0 amide bonds. The molecular weight excluding hydrogens is 162 g/mol. The summed E-state index contributed by atoms with van der Waals surface area (Å²) in [4.78, 5) is 3.39. The van der Waals surface area contributed by atoms with Crippen molar-refractivity contribution in [2.75, 3.05) is 11.9 Å². The van der Waals surface area contributed by atoms with Gasteiger partial charge < -0.3 is 11.1 Å². The summed E-state index contributed by atoms with van der Waals surface area (Å²) in [6.45, 7) is 7.71. The quantitative estimate of drug-likeness (QED) is 0.584. The number of benzene rings is 1. The van der Waals surface area contributed by atoms with Crippen LogP contribution in [0.3, 0.4) is 0 Å². The largest absolute Gasteiger partial charge is 0.383 e. The Bertz CT molecular complexity index is 365. The zero-order valence-corrected chi connectivity index (χ0v) is 7.25. The molecule has 3 heteroatoms. The Labute approximate surface area is 77.4 Å². The normalized spacial score (nSPS) is 19.8. The molecule has 0 radical (unpaired) electrons. The Kier molecular flexibility index (Phi) is 1.91. The fourth-order valence-electron chi connectivity index (χ4n) is 1.59. The molecule has 1 heterocycles. The molecule has 0 aliphatic carbocycles. The third-order valence-electron chi connectivity index (χ3n) is 2.25. The summed E-state index contributed by atoms with van der Waals surface area (Å²) in [5.74, 6) is 0. The van der Waals surface area contributed by atoms with Crippen LogP contribution in [0.2, 0.25) is 0 Å². The van der Waals surface area contributed by atoms with Crippen LogP contribution in [0.25, 0.3) is 4.85 Å². The second kappa shape index (κ2) is 3.08. The highest BCUT2D eigenvalue weighted by atomic mass is 14.9. The Morgan fingerprint density at radius 1 is 1.54 bits per heavy atom. The van der Waals surface area contributed by atoms with Crippen LogP contribution in [-0.4, -0.2) is 12.6 Å². The number of rotatable bonds is 0. The van der Waals surface area contributed by atoms with Crippen molar-refractivity contribution in [2.45, 2.75) is 12.5 Å². The maximum Gasteiger partial charge on any atom is 0.187 e. The highest BCUT2D eigenvalue weighted by molar-refractivity contribution is 5.61. The smallest absolute Gasteiger partial charge is 0.187 e. The highest BCUT2D eigenvalue weighted by Crippen LogP contribution is 2.25. The highest BCUT2D eigenvalue weighted by Gasteiger charge is 2.14. The number of nitrogens with one attached hydrogen (secondary N) is 1. The topological polar surface area (TPSA) is 42.4 Å². The van der Waals surface area contributed by atoms with Crippen LogP contribution in [-0.2, 0) is 6.42 Å².